The molecule has 0 saturated heterocycles. The molecule has 0 aliphatic carbocycles. The van der Waals surface area contributed by atoms with Crippen LogP contribution in [0.1, 0.15) is 5.69 Å². The van der Waals surface area contributed by atoms with E-state index in [1.807, 2.05) is 31.2 Å². The molecule has 1 N–H and O–H groups in total. The molecule has 3 aromatic rings. The van der Waals surface area contributed by atoms with E-state index in [2.05, 4.69) is 10.3 Å². The van der Waals surface area contributed by atoms with Gasteiger partial charge in [-0.1, -0.05) is 29.8 Å². The van der Waals surface area contributed by atoms with Crippen LogP contribution in [0.3, 0.4) is 0 Å². The van der Waals surface area contributed by atoms with Crippen molar-refractivity contribution in [3.05, 3.63) is 76.4 Å². The van der Waals surface area contributed by atoms with Gasteiger partial charge < -0.3 is 5.32 Å². The Morgan fingerprint density at radius 3 is 2.58 bits per heavy atom. The van der Waals surface area contributed by atoms with Crippen LogP contribution in [0.2, 0.25) is 5.02 Å². The summed E-state index contributed by atoms with van der Waals surface area (Å²) in [6.07, 6.45) is 1.20. The number of nitrogens with one attached hydrogen (secondary N) is 1. The van der Waals surface area contributed by atoms with E-state index in [0.717, 1.165) is 16.6 Å². The first-order valence-electron chi connectivity index (χ1n) is 7.65. The number of fused-ring (bicyclic) bond motifs is 1. The van der Waals surface area contributed by atoms with Gasteiger partial charge in [0.15, 0.2) is 4.91 Å². The first-order valence-corrected chi connectivity index (χ1v) is 9.52. The molecule has 2 aromatic carbocycles. The number of halogens is 1. The maximum atomic E-state index is 12.6. The van der Waals surface area contributed by atoms with Crippen molar-refractivity contribution in [3.8, 4) is 6.07 Å². The van der Waals surface area contributed by atoms with Crippen LogP contribution < -0.4 is 5.32 Å². The van der Waals surface area contributed by atoms with E-state index in [9.17, 15) is 13.7 Å². The monoisotopic (exact) mass is 383 g/mol. The number of rotatable bonds is 4. The van der Waals surface area contributed by atoms with Gasteiger partial charge in [-0.15, -0.1) is 0 Å². The lowest BCUT2D eigenvalue weighted by Crippen LogP contribution is -2.06. The van der Waals surface area contributed by atoms with Gasteiger partial charge >= 0.3 is 0 Å². The summed E-state index contributed by atoms with van der Waals surface area (Å²) >= 11 is 5.79. The average Bonchev–Trinajstić information content (AvgIpc) is 2.62. The van der Waals surface area contributed by atoms with Crippen molar-refractivity contribution in [1.29, 1.82) is 5.26 Å². The summed E-state index contributed by atoms with van der Waals surface area (Å²) in [6.45, 7) is 1.84. The van der Waals surface area contributed by atoms with Gasteiger partial charge in [0, 0.05) is 28.0 Å². The van der Waals surface area contributed by atoms with Crippen molar-refractivity contribution in [1.82, 2.24) is 4.98 Å². The van der Waals surface area contributed by atoms with Gasteiger partial charge in [-0.25, -0.2) is 8.42 Å². The third kappa shape index (κ3) is 3.54. The summed E-state index contributed by atoms with van der Waals surface area (Å²) in [7, 11) is -3.94. The maximum absolute atomic E-state index is 12.6. The van der Waals surface area contributed by atoms with E-state index in [1.165, 1.54) is 30.5 Å². The molecule has 130 valence electrons. The lowest BCUT2D eigenvalue weighted by atomic mass is 10.1. The van der Waals surface area contributed by atoms with Crippen molar-refractivity contribution in [2.75, 3.05) is 5.32 Å². The van der Waals surface area contributed by atoms with Gasteiger partial charge in [0.2, 0.25) is 9.84 Å². The minimum Gasteiger partial charge on any atom is -0.359 e. The number of hydrogen-bond acceptors (Lipinski definition) is 5. The number of anilines is 1. The Morgan fingerprint density at radius 2 is 1.88 bits per heavy atom. The molecular weight excluding hydrogens is 370 g/mol. The molecule has 1 aromatic heterocycles. The normalized spacial score (nSPS) is 12.0. The molecule has 0 aliphatic heterocycles. The van der Waals surface area contributed by atoms with Crippen LogP contribution in [0.25, 0.3) is 10.9 Å². The second-order valence-electron chi connectivity index (χ2n) is 5.55. The fourth-order valence-corrected chi connectivity index (χ4v) is 3.69. The van der Waals surface area contributed by atoms with Crippen LogP contribution in [0.4, 0.5) is 5.69 Å². The number of allylic oxidation sites excluding steroid dienone is 1. The Kier molecular flexibility index (Phi) is 4.94. The molecule has 0 spiro atoms. The summed E-state index contributed by atoms with van der Waals surface area (Å²) < 4.78 is 25.3. The molecule has 0 unspecified atom stereocenters. The summed E-state index contributed by atoms with van der Waals surface area (Å²) in [5, 5.41) is 13.5. The van der Waals surface area contributed by atoms with Crippen molar-refractivity contribution in [2.45, 2.75) is 11.8 Å². The number of aromatic nitrogens is 1. The Hall–Kier alpha value is -2.88. The van der Waals surface area contributed by atoms with E-state index in [1.54, 1.807) is 12.1 Å². The lowest BCUT2D eigenvalue weighted by Gasteiger charge is -2.09. The minimum atomic E-state index is -3.94. The van der Waals surface area contributed by atoms with E-state index < -0.39 is 14.7 Å². The molecule has 0 atom stereocenters. The van der Waals surface area contributed by atoms with Gasteiger partial charge in [-0.05, 0) is 43.3 Å². The van der Waals surface area contributed by atoms with Crippen LogP contribution in [0.15, 0.2) is 70.6 Å². The molecule has 0 amide bonds. The van der Waals surface area contributed by atoms with Crippen molar-refractivity contribution >= 4 is 38.0 Å². The van der Waals surface area contributed by atoms with E-state index in [-0.39, 0.29) is 4.90 Å². The molecule has 7 heteroatoms. The lowest BCUT2D eigenvalue weighted by molar-refractivity contribution is 0.603. The summed E-state index contributed by atoms with van der Waals surface area (Å²) in [5.41, 5.74) is 2.23. The largest absolute Gasteiger partial charge is 0.359 e. The summed E-state index contributed by atoms with van der Waals surface area (Å²) in [6, 6.07) is 16.7. The van der Waals surface area contributed by atoms with Gasteiger partial charge in [0.05, 0.1) is 10.4 Å². The van der Waals surface area contributed by atoms with Crippen molar-refractivity contribution in [2.24, 2.45) is 0 Å². The Labute approximate surface area is 156 Å². The second-order valence-corrected chi connectivity index (χ2v) is 7.90. The fourth-order valence-electron chi connectivity index (χ4n) is 2.48. The highest BCUT2D eigenvalue weighted by Crippen LogP contribution is 2.25. The Bertz CT molecular complexity index is 1150. The predicted molar refractivity (Wildman–Crippen MR) is 102 cm³/mol. The maximum Gasteiger partial charge on any atom is 0.218 e. The molecule has 0 bridgehead atoms. The number of aryl methyl sites for hydroxylation is 1. The SMILES string of the molecule is Cc1cc(NC=C(C#N)S(=O)(=O)c2ccc(Cl)cc2)c2ccccc2n1. The van der Waals surface area contributed by atoms with Crippen LogP contribution >= 0.6 is 11.6 Å². The van der Waals surface area contributed by atoms with Gasteiger partial charge in [-0.3, -0.25) is 4.98 Å². The van der Waals surface area contributed by atoms with Crippen LogP contribution in [-0.2, 0) is 9.84 Å². The molecule has 26 heavy (non-hydrogen) atoms. The third-order valence-corrected chi connectivity index (χ3v) is 5.66. The number of pyridine rings is 1. The van der Waals surface area contributed by atoms with Gasteiger partial charge in [-0.2, -0.15) is 5.26 Å². The zero-order valence-electron chi connectivity index (χ0n) is 13.8. The number of hydrogen-bond donors (Lipinski definition) is 1. The van der Waals surface area contributed by atoms with Crippen LogP contribution in [0.5, 0.6) is 0 Å². The van der Waals surface area contributed by atoms with Crippen LogP contribution in [0, 0.1) is 18.3 Å². The second kappa shape index (κ2) is 7.16. The number of benzene rings is 2. The van der Waals surface area contributed by atoms with Gasteiger partial charge in [0.25, 0.3) is 0 Å². The van der Waals surface area contributed by atoms with E-state index in [4.69, 9.17) is 11.6 Å². The molecule has 0 fully saturated rings. The molecule has 0 radical (unpaired) electrons. The first-order chi connectivity index (χ1) is 12.4. The Balaban J connectivity index is 2.01. The first kappa shape index (κ1) is 17.9. The predicted octanol–water partition coefficient (Wildman–Crippen LogP) is 4.45. The van der Waals surface area contributed by atoms with Crippen molar-refractivity contribution < 1.29 is 8.42 Å². The summed E-state index contributed by atoms with van der Waals surface area (Å²) in [4.78, 5) is 4.05. The highest BCUT2D eigenvalue weighted by atomic mass is 35.5. The van der Waals surface area contributed by atoms with E-state index in [0.29, 0.717) is 10.7 Å². The van der Waals surface area contributed by atoms with Gasteiger partial charge in [0.1, 0.15) is 6.07 Å². The zero-order chi connectivity index (χ0) is 18.7. The highest BCUT2D eigenvalue weighted by molar-refractivity contribution is 7.95. The van der Waals surface area contributed by atoms with Crippen LogP contribution in [-0.4, -0.2) is 13.4 Å². The third-order valence-electron chi connectivity index (χ3n) is 3.73. The molecule has 0 saturated carbocycles. The molecule has 0 aliphatic rings. The van der Waals surface area contributed by atoms with Crippen molar-refractivity contribution in [3.63, 3.8) is 0 Å². The average molecular weight is 384 g/mol. The smallest absolute Gasteiger partial charge is 0.218 e. The minimum absolute atomic E-state index is 0.00673. The zero-order valence-corrected chi connectivity index (χ0v) is 15.3. The van der Waals surface area contributed by atoms with E-state index >= 15 is 0 Å². The molecular formula is C19H14ClN3O2S. The highest BCUT2D eigenvalue weighted by Gasteiger charge is 2.20. The summed E-state index contributed by atoms with van der Waals surface area (Å²) in [5.74, 6) is 0. The molecule has 1 heterocycles. The quantitative estimate of drug-likeness (QED) is 0.673. The topological polar surface area (TPSA) is 82.9 Å². The number of nitrogens with zero attached hydrogens (tertiary/aromatic N) is 2. The molecule has 5 nitrogen and oxygen atoms in total. The number of para-hydroxylation sites is 1. The standard InChI is InChI=1S/C19H14ClN3O2S/c1-13-10-19(17-4-2-3-5-18(17)23-13)22-12-16(11-21)26(24,25)15-8-6-14(20)7-9-15/h2-10,12H,1H3,(H,22,23). The molecule has 3 rings (SSSR count). The number of sulfone groups is 1. The fraction of sp³-hybridized carbons (Fsp3) is 0.0526. The Morgan fingerprint density at radius 1 is 1.19 bits per heavy atom. The number of nitriles is 1.